The van der Waals surface area contributed by atoms with Crippen molar-refractivity contribution in [2.24, 2.45) is 0 Å². The van der Waals surface area contributed by atoms with Crippen LogP contribution in [-0.4, -0.2) is 47.6 Å². The van der Waals surface area contributed by atoms with Gasteiger partial charge in [0.2, 0.25) is 0 Å². The predicted molar refractivity (Wildman–Crippen MR) is 90.8 cm³/mol. The highest BCUT2D eigenvalue weighted by Gasteiger charge is 2.26. The molecule has 0 saturated heterocycles. The zero-order valence-electron chi connectivity index (χ0n) is 14.0. The van der Waals surface area contributed by atoms with Gasteiger partial charge in [0.15, 0.2) is 9.84 Å². The minimum atomic E-state index is -3.77. The van der Waals surface area contributed by atoms with Crippen LogP contribution in [0.4, 0.5) is 5.69 Å². The highest BCUT2D eigenvalue weighted by molar-refractivity contribution is 7.92. The molecule has 0 aliphatic rings. The van der Waals surface area contributed by atoms with Crippen molar-refractivity contribution in [1.29, 1.82) is 0 Å². The summed E-state index contributed by atoms with van der Waals surface area (Å²) in [6, 6.07) is 4.18. The fourth-order valence-corrected chi connectivity index (χ4v) is 4.52. The maximum Gasteiger partial charge on any atom is 0.301 e. The zero-order valence-corrected chi connectivity index (χ0v) is 15.7. The highest BCUT2D eigenvalue weighted by atomic mass is 32.2. The first-order valence-electron chi connectivity index (χ1n) is 7.22. The maximum atomic E-state index is 12.6. The van der Waals surface area contributed by atoms with Crippen LogP contribution in [0.25, 0.3) is 0 Å². The second-order valence-corrected chi connectivity index (χ2v) is 9.35. The molecule has 0 fully saturated rings. The van der Waals surface area contributed by atoms with Gasteiger partial charge in [0.05, 0.1) is 22.9 Å². The lowest BCUT2D eigenvalue weighted by molar-refractivity contribution is 0.416. The Labute approximate surface area is 138 Å². The normalized spacial score (nSPS) is 12.7. The average Bonchev–Trinajstić information content (AvgIpc) is 2.47. The Kier molecular flexibility index (Phi) is 6.43. The van der Waals surface area contributed by atoms with E-state index in [1.54, 1.807) is 0 Å². The number of anilines is 1. The molecule has 0 saturated carbocycles. The van der Waals surface area contributed by atoms with Gasteiger partial charge < -0.3 is 4.74 Å². The van der Waals surface area contributed by atoms with Gasteiger partial charge in [-0.2, -0.15) is 12.7 Å². The molecule has 0 aliphatic carbocycles. The van der Waals surface area contributed by atoms with Crippen LogP contribution >= 0.6 is 0 Å². The van der Waals surface area contributed by atoms with Gasteiger partial charge in [-0.15, -0.1) is 0 Å². The molecule has 0 spiro atoms. The minimum Gasteiger partial charge on any atom is -0.495 e. The number of hydrogen-bond acceptors (Lipinski definition) is 5. The number of nitrogens with zero attached hydrogens (tertiary/aromatic N) is 1. The Bertz CT molecular complexity index is 738. The third kappa shape index (κ3) is 4.36. The molecule has 0 aliphatic heterocycles. The van der Waals surface area contributed by atoms with Crippen molar-refractivity contribution in [2.75, 3.05) is 25.9 Å². The molecule has 0 radical (unpaired) electrons. The summed E-state index contributed by atoms with van der Waals surface area (Å²) >= 11 is 0. The van der Waals surface area contributed by atoms with E-state index in [2.05, 4.69) is 4.72 Å². The molecule has 7 nitrogen and oxygen atoms in total. The van der Waals surface area contributed by atoms with Crippen molar-refractivity contribution in [2.45, 2.75) is 36.8 Å². The van der Waals surface area contributed by atoms with E-state index in [1.807, 2.05) is 13.8 Å². The van der Waals surface area contributed by atoms with Crippen LogP contribution in [0.15, 0.2) is 23.1 Å². The minimum absolute atomic E-state index is 0.0726. The van der Waals surface area contributed by atoms with Crippen LogP contribution in [0, 0.1) is 0 Å². The van der Waals surface area contributed by atoms with Crippen molar-refractivity contribution >= 4 is 25.7 Å². The summed E-state index contributed by atoms with van der Waals surface area (Å²) in [6.07, 6.45) is 0.979. The summed E-state index contributed by atoms with van der Waals surface area (Å²) in [5.74, 6) is 0.249. The van der Waals surface area contributed by atoms with Gasteiger partial charge in [0.1, 0.15) is 5.75 Å². The fourth-order valence-electron chi connectivity index (χ4n) is 2.09. The van der Waals surface area contributed by atoms with Crippen LogP contribution in [0.1, 0.15) is 26.7 Å². The molecule has 1 aromatic carbocycles. The van der Waals surface area contributed by atoms with Gasteiger partial charge in [-0.3, -0.25) is 4.72 Å². The van der Waals surface area contributed by atoms with E-state index in [1.165, 1.54) is 39.4 Å². The zero-order chi connectivity index (χ0) is 17.8. The maximum absolute atomic E-state index is 12.6. The first kappa shape index (κ1) is 19.7. The summed E-state index contributed by atoms with van der Waals surface area (Å²) in [4.78, 5) is 0.0726. The lowest BCUT2D eigenvalue weighted by Gasteiger charge is -2.18. The number of rotatable bonds is 8. The summed E-state index contributed by atoms with van der Waals surface area (Å²) in [7, 11) is -3.16. The first-order chi connectivity index (χ1) is 10.6. The summed E-state index contributed by atoms with van der Waals surface area (Å²) in [5, 5.41) is -0.505. The van der Waals surface area contributed by atoms with Gasteiger partial charge >= 0.3 is 10.2 Å². The van der Waals surface area contributed by atoms with E-state index in [4.69, 9.17) is 4.74 Å². The molecule has 0 heterocycles. The Hall–Kier alpha value is -1.32. The molecular formula is C14H24N2O5S2. The molecule has 1 N–H and O–H groups in total. The van der Waals surface area contributed by atoms with Gasteiger partial charge in [0.25, 0.3) is 0 Å². The summed E-state index contributed by atoms with van der Waals surface area (Å²) < 4.78 is 57.6. The van der Waals surface area contributed by atoms with Crippen LogP contribution in [-0.2, 0) is 20.0 Å². The van der Waals surface area contributed by atoms with Gasteiger partial charge in [-0.1, -0.05) is 13.8 Å². The largest absolute Gasteiger partial charge is 0.495 e. The van der Waals surface area contributed by atoms with Gasteiger partial charge in [0, 0.05) is 14.1 Å². The van der Waals surface area contributed by atoms with E-state index in [9.17, 15) is 16.8 Å². The van der Waals surface area contributed by atoms with Gasteiger partial charge in [-0.05, 0) is 31.0 Å². The number of hydrogen-bond donors (Lipinski definition) is 1. The second-order valence-electron chi connectivity index (χ2n) is 5.24. The molecule has 23 heavy (non-hydrogen) atoms. The molecule has 0 atom stereocenters. The van der Waals surface area contributed by atoms with Crippen LogP contribution in [0.3, 0.4) is 0 Å². The standard InChI is InChI=1S/C14H24N2O5S2/c1-6-11(7-2)22(17,18)12-8-9-14(21-5)13(10-12)15-23(19,20)16(3)4/h8-11,15H,6-7H2,1-5H3. The topological polar surface area (TPSA) is 92.8 Å². The van der Waals surface area contributed by atoms with E-state index in [0.717, 1.165) is 4.31 Å². The van der Waals surface area contributed by atoms with Crippen molar-refractivity contribution in [3.8, 4) is 5.75 Å². The monoisotopic (exact) mass is 364 g/mol. The molecule has 132 valence electrons. The average molecular weight is 364 g/mol. The molecule has 0 amide bonds. The third-order valence-corrected chi connectivity index (χ3v) is 7.46. The quantitative estimate of drug-likeness (QED) is 0.760. The van der Waals surface area contributed by atoms with Gasteiger partial charge in [-0.25, -0.2) is 8.42 Å². The number of nitrogens with one attached hydrogen (secondary N) is 1. The van der Waals surface area contributed by atoms with E-state index >= 15 is 0 Å². The molecule has 1 rings (SSSR count). The molecular weight excluding hydrogens is 340 g/mol. The van der Waals surface area contributed by atoms with Crippen LogP contribution in [0.2, 0.25) is 0 Å². The molecule has 0 bridgehead atoms. The van der Waals surface area contributed by atoms with Crippen LogP contribution < -0.4 is 9.46 Å². The van der Waals surface area contributed by atoms with E-state index in [0.29, 0.717) is 12.8 Å². The fraction of sp³-hybridized carbons (Fsp3) is 0.571. The predicted octanol–water partition coefficient (Wildman–Crippen LogP) is 1.88. The Balaban J connectivity index is 3.39. The molecule has 9 heteroatoms. The Morgan fingerprint density at radius 3 is 2.13 bits per heavy atom. The Morgan fingerprint density at radius 2 is 1.70 bits per heavy atom. The van der Waals surface area contributed by atoms with Crippen molar-refractivity contribution < 1.29 is 21.6 Å². The van der Waals surface area contributed by atoms with E-state index < -0.39 is 25.3 Å². The number of ether oxygens (including phenoxy) is 1. The highest BCUT2D eigenvalue weighted by Crippen LogP contribution is 2.31. The lowest BCUT2D eigenvalue weighted by atomic mass is 10.3. The lowest BCUT2D eigenvalue weighted by Crippen LogP contribution is -2.29. The second kappa shape index (κ2) is 7.50. The molecule has 1 aromatic rings. The molecule has 0 unspecified atom stereocenters. The van der Waals surface area contributed by atoms with E-state index in [-0.39, 0.29) is 16.3 Å². The number of sulfone groups is 1. The van der Waals surface area contributed by atoms with Crippen molar-refractivity contribution in [1.82, 2.24) is 4.31 Å². The van der Waals surface area contributed by atoms with Crippen molar-refractivity contribution in [3.63, 3.8) is 0 Å². The number of benzene rings is 1. The molecule has 0 aromatic heterocycles. The number of methoxy groups -OCH3 is 1. The van der Waals surface area contributed by atoms with Crippen LogP contribution in [0.5, 0.6) is 5.75 Å². The summed E-state index contributed by atoms with van der Waals surface area (Å²) in [5.41, 5.74) is 0.0910. The SMILES string of the molecule is CCC(CC)S(=O)(=O)c1ccc(OC)c(NS(=O)(=O)N(C)C)c1. The first-order valence-corrected chi connectivity index (χ1v) is 10.2. The smallest absolute Gasteiger partial charge is 0.301 e. The summed E-state index contributed by atoms with van der Waals surface area (Å²) in [6.45, 7) is 3.62. The third-order valence-electron chi connectivity index (χ3n) is 3.57. The Morgan fingerprint density at radius 1 is 1.13 bits per heavy atom. The van der Waals surface area contributed by atoms with Crippen molar-refractivity contribution in [3.05, 3.63) is 18.2 Å².